The Kier molecular flexibility index (Phi) is 2.62. The average Bonchev–Trinajstić information content (AvgIpc) is 2.93. The minimum Gasteiger partial charge on any atom is -0.360 e. The van der Waals surface area contributed by atoms with Gasteiger partial charge in [-0.3, -0.25) is 9.89 Å². The Morgan fingerprint density at radius 1 is 1.56 bits per heavy atom. The second kappa shape index (κ2) is 4.29. The number of nitrogens with zero attached hydrogens (tertiary/aromatic N) is 2. The van der Waals surface area contributed by atoms with Crippen molar-refractivity contribution in [1.29, 1.82) is 0 Å². The van der Waals surface area contributed by atoms with Gasteiger partial charge in [-0.15, -0.1) is 0 Å². The van der Waals surface area contributed by atoms with Gasteiger partial charge in [0.2, 0.25) is 0 Å². The number of aryl methyl sites for hydroxylation is 1. The molecule has 94 valence electrons. The summed E-state index contributed by atoms with van der Waals surface area (Å²) in [6.07, 6.45) is 3.09. The van der Waals surface area contributed by atoms with Gasteiger partial charge in [0.15, 0.2) is 11.5 Å². The second-order valence-electron chi connectivity index (χ2n) is 4.47. The van der Waals surface area contributed by atoms with Crippen LogP contribution in [0.4, 0.5) is 5.82 Å². The fraction of sp³-hybridized carbons (Fsp3) is 0.417. The summed E-state index contributed by atoms with van der Waals surface area (Å²) in [5.41, 5.74) is 1.28. The maximum absolute atomic E-state index is 11.9. The molecule has 0 radical (unpaired) electrons. The molecule has 2 heterocycles. The lowest BCUT2D eigenvalue weighted by Gasteiger charge is -1.95. The van der Waals surface area contributed by atoms with E-state index in [1.54, 1.807) is 12.1 Å². The monoisotopic (exact) mass is 246 g/mol. The lowest BCUT2D eigenvalue weighted by Crippen LogP contribution is -2.12. The van der Waals surface area contributed by atoms with Crippen LogP contribution in [-0.4, -0.2) is 21.3 Å². The van der Waals surface area contributed by atoms with E-state index < -0.39 is 0 Å². The number of carbonyl (C=O) groups excluding carboxylic acids is 1. The number of nitrogens with one attached hydrogen (secondary N) is 2. The fourth-order valence-electron chi connectivity index (χ4n) is 1.74. The molecule has 2 N–H and O–H groups in total. The van der Waals surface area contributed by atoms with Crippen LogP contribution in [0.1, 0.15) is 47.6 Å². The van der Waals surface area contributed by atoms with Crippen molar-refractivity contribution in [2.24, 2.45) is 0 Å². The molecule has 1 amide bonds. The van der Waals surface area contributed by atoms with E-state index in [2.05, 4.69) is 20.7 Å². The van der Waals surface area contributed by atoms with Gasteiger partial charge in [0.05, 0.1) is 0 Å². The maximum Gasteiger partial charge on any atom is 0.279 e. The van der Waals surface area contributed by atoms with Crippen LogP contribution < -0.4 is 5.32 Å². The van der Waals surface area contributed by atoms with Crippen LogP contribution in [-0.2, 0) is 6.42 Å². The van der Waals surface area contributed by atoms with Crippen molar-refractivity contribution in [1.82, 2.24) is 15.4 Å². The minimum atomic E-state index is -0.292. The van der Waals surface area contributed by atoms with Crippen molar-refractivity contribution in [2.45, 2.75) is 32.1 Å². The fourth-order valence-corrected chi connectivity index (χ4v) is 1.74. The number of H-pyrrole nitrogens is 1. The molecule has 0 spiro atoms. The summed E-state index contributed by atoms with van der Waals surface area (Å²) in [5, 5.41) is 13.3. The number of carbonyl (C=O) groups is 1. The van der Waals surface area contributed by atoms with E-state index >= 15 is 0 Å². The van der Waals surface area contributed by atoms with Gasteiger partial charge in [0.1, 0.15) is 5.76 Å². The smallest absolute Gasteiger partial charge is 0.279 e. The molecule has 6 nitrogen and oxygen atoms in total. The lowest BCUT2D eigenvalue weighted by molar-refractivity contribution is 0.101. The third kappa shape index (κ3) is 2.13. The van der Waals surface area contributed by atoms with E-state index in [1.165, 1.54) is 0 Å². The quantitative estimate of drug-likeness (QED) is 0.865. The number of hydrogen-bond acceptors (Lipinski definition) is 4. The van der Waals surface area contributed by atoms with Crippen LogP contribution in [0.25, 0.3) is 0 Å². The number of rotatable bonds is 4. The highest BCUT2D eigenvalue weighted by molar-refractivity contribution is 6.02. The summed E-state index contributed by atoms with van der Waals surface area (Å²) < 4.78 is 5.13. The third-order valence-corrected chi connectivity index (χ3v) is 2.99. The molecule has 3 rings (SSSR count). The van der Waals surface area contributed by atoms with Gasteiger partial charge in [-0.25, -0.2) is 0 Å². The molecular weight excluding hydrogens is 232 g/mol. The van der Waals surface area contributed by atoms with Crippen LogP contribution in [0, 0.1) is 0 Å². The van der Waals surface area contributed by atoms with E-state index in [-0.39, 0.29) is 5.91 Å². The summed E-state index contributed by atoms with van der Waals surface area (Å²) in [6.45, 7) is 2.01. The molecular formula is C12H14N4O2. The number of amides is 1. The highest BCUT2D eigenvalue weighted by Gasteiger charge is 2.28. The highest BCUT2D eigenvalue weighted by Crippen LogP contribution is 2.40. The number of aromatic nitrogens is 3. The predicted octanol–water partition coefficient (Wildman–Crippen LogP) is 2.09. The van der Waals surface area contributed by atoms with Crippen LogP contribution >= 0.6 is 0 Å². The summed E-state index contributed by atoms with van der Waals surface area (Å²) >= 11 is 0. The molecule has 0 aromatic carbocycles. The molecule has 18 heavy (non-hydrogen) atoms. The normalized spacial score (nSPS) is 14.7. The Balaban J connectivity index is 1.69. The zero-order chi connectivity index (χ0) is 12.5. The van der Waals surface area contributed by atoms with E-state index in [4.69, 9.17) is 4.52 Å². The molecule has 0 bridgehead atoms. The molecule has 1 aliphatic carbocycles. The van der Waals surface area contributed by atoms with Gasteiger partial charge < -0.3 is 9.84 Å². The molecule has 0 aliphatic heterocycles. The summed E-state index contributed by atoms with van der Waals surface area (Å²) in [4.78, 5) is 11.9. The van der Waals surface area contributed by atoms with Crippen LogP contribution in [0.2, 0.25) is 0 Å². The van der Waals surface area contributed by atoms with Crippen molar-refractivity contribution in [3.63, 3.8) is 0 Å². The molecule has 0 atom stereocenters. The third-order valence-electron chi connectivity index (χ3n) is 2.99. The largest absolute Gasteiger partial charge is 0.360 e. The highest BCUT2D eigenvalue weighted by atomic mass is 16.5. The van der Waals surface area contributed by atoms with Crippen LogP contribution in [0.5, 0.6) is 0 Å². The molecule has 2 aromatic heterocycles. The summed E-state index contributed by atoms with van der Waals surface area (Å²) in [6, 6.07) is 3.51. The lowest BCUT2D eigenvalue weighted by atomic mass is 10.3. The Hall–Kier alpha value is -2.11. The molecule has 0 unspecified atom stereocenters. The molecule has 6 heteroatoms. The van der Waals surface area contributed by atoms with E-state index in [0.717, 1.165) is 30.7 Å². The SMILES string of the molecule is CCc1cc(NC(=O)c2cc(C3CC3)on2)n[nH]1. The number of aromatic amines is 1. The predicted molar refractivity (Wildman–Crippen MR) is 64.4 cm³/mol. The molecule has 2 aromatic rings. The van der Waals surface area contributed by atoms with Gasteiger partial charge in [0, 0.05) is 23.7 Å². The first-order valence-electron chi connectivity index (χ1n) is 6.08. The maximum atomic E-state index is 11.9. The first-order chi connectivity index (χ1) is 8.76. The van der Waals surface area contributed by atoms with Gasteiger partial charge in [-0.2, -0.15) is 5.10 Å². The second-order valence-corrected chi connectivity index (χ2v) is 4.47. The molecule has 1 saturated carbocycles. The van der Waals surface area contributed by atoms with Gasteiger partial charge in [0.25, 0.3) is 5.91 Å². The molecule has 1 aliphatic rings. The van der Waals surface area contributed by atoms with Crippen molar-refractivity contribution >= 4 is 11.7 Å². The van der Waals surface area contributed by atoms with Crippen LogP contribution in [0.15, 0.2) is 16.7 Å². The molecule has 0 saturated heterocycles. The first kappa shape index (κ1) is 11.0. The number of hydrogen-bond donors (Lipinski definition) is 2. The summed E-state index contributed by atoms with van der Waals surface area (Å²) in [5.74, 6) is 1.47. The van der Waals surface area contributed by atoms with Gasteiger partial charge >= 0.3 is 0 Å². The Labute approximate surface area is 104 Å². The first-order valence-corrected chi connectivity index (χ1v) is 6.08. The van der Waals surface area contributed by atoms with Gasteiger partial charge in [-0.05, 0) is 19.3 Å². The van der Waals surface area contributed by atoms with Gasteiger partial charge in [-0.1, -0.05) is 12.1 Å². The Bertz CT molecular complexity index is 568. The standard InChI is InChI=1S/C12H14N4O2/c1-2-8-5-11(15-14-8)13-12(17)9-6-10(18-16-9)7-3-4-7/h5-7H,2-4H2,1H3,(H2,13,14,15,17). The zero-order valence-electron chi connectivity index (χ0n) is 10.1. The van der Waals surface area contributed by atoms with Crippen LogP contribution in [0.3, 0.4) is 0 Å². The van der Waals surface area contributed by atoms with E-state index in [0.29, 0.717) is 17.4 Å². The van der Waals surface area contributed by atoms with E-state index in [9.17, 15) is 4.79 Å². The topological polar surface area (TPSA) is 83.8 Å². The minimum absolute atomic E-state index is 0.292. The Morgan fingerprint density at radius 2 is 2.39 bits per heavy atom. The zero-order valence-corrected chi connectivity index (χ0v) is 10.1. The average molecular weight is 246 g/mol. The van der Waals surface area contributed by atoms with Crippen molar-refractivity contribution in [3.05, 3.63) is 29.3 Å². The Morgan fingerprint density at radius 3 is 3.06 bits per heavy atom. The number of anilines is 1. The van der Waals surface area contributed by atoms with Crippen molar-refractivity contribution in [3.8, 4) is 0 Å². The summed E-state index contributed by atoms with van der Waals surface area (Å²) in [7, 11) is 0. The molecule has 1 fully saturated rings. The van der Waals surface area contributed by atoms with E-state index in [1.807, 2.05) is 6.92 Å². The van der Waals surface area contributed by atoms with Crippen molar-refractivity contribution in [2.75, 3.05) is 5.32 Å². The van der Waals surface area contributed by atoms with Crippen molar-refractivity contribution < 1.29 is 9.32 Å².